The number of rotatable bonds is 9. The molecule has 4 rings (SSSR count). The summed E-state index contributed by atoms with van der Waals surface area (Å²) in [7, 11) is 1.48. The molecule has 2 heterocycles. The lowest BCUT2D eigenvalue weighted by atomic mass is 9.95. The maximum Gasteiger partial charge on any atom is 0.411 e. The number of benzene rings is 2. The average Bonchev–Trinajstić information content (AvgIpc) is 3.49. The first-order valence-corrected chi connectivity index (χ1v) is 14.5. The number of amides is 2. The van der Waals surface area contributed by atoms with Crippen molar-refractivity contribution in [3.05, 3.63) is 51.0 Å². The van der Waals surface area contributed by atoms with Gasteiger partial charge in [0.15, 0.2) is 5.72 Å². The van der Waals surface area contributed by atoms with Crippen LogP contribution in [0.4, 0.5) is 10.5 Å². The first-order valence-electron chi connectivity index (χ1n) is 13.3. The number of nitrogens with zero attached hydrogens (tertiary/aromatic N) is 2. The fourth-order valence-electron chi connectivity index (χ4n) is 5.00. The summed E-state index contributed by atoms with van der Waals surface area (Å²) in [5, 5.41) is 3.98. The smallest absolute Gasteiger partial charge is 0.411 e. The van der Waals surface area contributed by atoms with Gasteiger partial charge in [-0.15, -0.1) is 0 Å². The minimum absolute atomic E-state index is 0.0751. The molecule has 2 aromatic rings. The van der Waals surface area contributed by atoms with Crippen molar-refractivity contribution in [1.29, 1.82) is 0 Å². The van der Waals surface area contributed by atoms with E-state index in [9.17, 15) is 9.59 Å². The first kappa shape index (κ1) is 30.4. The molecule has 0 aromatic heterocycles. The zero-order chi connectivity index (χ0) is 28.9. The third-order valence-electron chi connectivity index (χ3n) is 7.48. The molecule has 40 heavy (non-hydrogen) atoms. The molecule has 9 nitrogen and oxygen atoms in total. The molecule has 3 N–H and O–H groups in total. The zero-order valence-electron chi connectivity index (χ0n) is 22.7. The van der Waals surface area contributed by atoms with E-state index in [1.165, 1.54) is 13.2 Å². The van der Waals surface area contributed by atoms with E-state index in [4.69, 9.17) is 54.7 Å². The molecule has 0 aliphatic carbocycles. The number of piperidine rings is 1. The van der Waals surface area contributed by atoms with Gasteiger partial charge in [-0.1, -0.05) is 40.9 Å². The maximum absolute atomic E-state index is 13.0. The topological polar surface area (TPSA) is 106 Å². The van der Waals surface area contributed by atoms with E-state index in [0.717, 1.165) is 25.7 Å². The molecule has 2 amide bonds. The van der Waals surface area contributed by atoms with E-state index >= 15 is 0 Å². The van der Waals surface area contributed by atoms with Gasteiger partial charge in [-0.3, -0.25) is 9.69 Å². The van der Waals surface area contributed by atoms with E-state index in [0.29, 0.717) is 70.5 Å². The Morgan fingerprint density at radius 3 is 2.42 bits per heavy atom. The molecule has 2 aliphatic rings. The third kappa shape index (κ3) is 7.18. The molecule has 0 bridgehead atoms. The van der Waals surface area contributed by atoms with Crippen molar-refractivity contribution in [2.24, 2.45) is 5.92 Å². The number of ether oxygens (including phenoxy) is 3. The largest absolute Gasteiger partial charge is 0.496 e. The Kier molecular flexibility index (Phi) is 10.2. The van der Waals surface area contributed by atoms with Gasteiger partial charge in [0.2, 0.25) is 0 Å². The summed E-state index contributed by atoms with van der Waals surface area (Å²) in [4.78, 5) is 29.7. The molecule has 0 radical (unpaired) electrons. The van der Waals surface area contributed by atoms with E-state index in [2.05, 4.69) is 10.2 Å². The Morgan fingerprint density at radius 2 is 1.75 bits per heavy atom. The molecule has 2 aromatic carbocycles. The van der Waals surface area contributed by atoms with Crippen molar-refractivity contribution < 1.29 is 23.8 Å². The number of likely N-dealkylation sites (tertiary alicyclic amines) is 2. The molecule has 218 valence electrons. The number of carbonyl (C=O) groups is 2. The van der Waals surface area contributed by atoms with Crippen molar-refractivity contribution in [2.75, 3.05) is 52.2 Å². The quantitative estimate of drug-likeness (QED) is 0.349. The zero-order valence-corrected chi connectivity index (χ0v) is 24.9. The Morgan fingerprint density at radius 1 is 1.05 bits per heavy atom. The van der Waals surface area contributed by atoms with Gasteiger partial charge in [0.25, 0.3) is 5.91 Å². The second kappa shape index (κ2) is 13.4. The van der Waals surface area contributed by atoms with E-state index < -0.39 is 5.72 Å². The van der Waals surface area contributed by atoms with Gasteiger partial charge in [-0.2, -0.15) is 0 Å². The highest BCUT2D eigenvalue weighted by Crippen LogP contribution is 2.34. The van der Waals surface area contributed by atoms with E-state index in [1.54, 1.807) is 29.2 Å². The van der Waals surface area contributed by atoms with Crippen LogP contribution in [0.5, 0.6) is 11.5 Å². The predicted octanol–water partition coefficient (Wildman–Crippen LogP) is 5.71. The Labute approximate surface area is 249 Å². The number of nitrogens with one attached hydrogen (secondary N) is 1. The normalized spacial score (nSPS) is 17.8. The van der Waals surface area contributed by atoms with Gasteiger partial charge in [0.05, 0.1) is 28.4 Å². The highest BCUT2D eigenvalue weighted by Gasteiger charge is 2.40. The second-order valence-electron chi connectivity index (χ2n) is 10.3. The van der Waals surface area contributed by atoms with E-state index in [-0.39, 0.29) is 24.5 Å². The van der Waals surface area contributed by atoms with Crippen LogP contribution in [-0.4, -0.2) is 74.0 Å². The third-order valence-corrected chi connectivity index (χ3v) is 8.61. The van der Waals surface area contributed by atoms with Gasteiger partial charge in [-0.05, 0) is 56.7 Å². The van der Waals surface area contributed by atoms with Crippen LogP contribution >= 0.6 is 34.8 Å². The second-order valence-corrected chi connectivity index (χ2v) is 11.5. The van der Waals surface area contributed by atoms with Crippen molar-refractivity contribution in [3.63, 3.8) is 0 Å². The highest BCUT2D eigenvalue weighted by molar-refractivity contribution is 6.42. The summed E-state index contributed by atoms with van der Waals surface area (Å²) in [6.45, 7) is 5.08. The predicted molar refractivity (Wildman–Crippen MR) is 157 cm³/mol. The van der Waals surface area contributed by atoms with Crippen LogP contribution in [0, 0.1) is 5.92 Å². The summed E-state index contributed by atoms with van der Waals surface area (Å²) in [6.07, 6.45) is 3.15. The van der Waals surface area contributed by atoms with Gasteiger partial charge >= 0.3 is 6.09 Å². The van der Waals surface area contributed by atoms with Crippen LogP contribution in [0.1, 0.15) is 43.0 Å². The average molecular weight is 614 g/mol. The summed E-state index contributed by atoms with van der Waals surface area (Å²) in [5.74, 6) is 0.743. The molecule has 12 heteroatoms. The molecule has 0 saturated carbocycles. The number of methoxy groups -OCH3 is 1. The highest BCUT2D eigenvalue weighted by atomic mass is 35.5. The number of hydrogen-bond donors (Lipinski definition) is 2. The Bertz CT molecular complexity index is 1220. The molecule has 2 aliphatic heterocycles. The Hall–Kier alpha value is -2.59. The summed E-state index contributed by atoms with van der Waals surface area (Å²) < 4.78 is 17.5. The number of halogens is 3. The lowest BCUT2D eigenvalue weighted by Gasteiger charge is -2.44. The number of nitrogen functional groups attached to an aromatic ring is 1. The van der Waals surface area contributed by atoms with Crippen LogP contribution < -0.4 is 20.5 Å². The SMILES string of the molecule is COc1cc(N)c(Cl)cc1C(=O)NCC1CCN(C(C)(COc2cccc(Cl)c2Cl)OC(=O)N2CCCC2)CC1. The van der Waals surface area contributed by atoms with Crippen LogP contribution in [0.25, 0.3) is 0 Å². The molecular weight excluding hydrogens is 579 g/mol. The number of anilines is 1. The Balaban J connectivity index is 1.38. The van der Waals surface area contributed by atoms with Gasteiger partial charge < -0.3 is 30.2 Å². The lowest BCUT2D eigenvalue weighted by Crippen LogP contribution is -2.57. The summed E-state index contributed by atoms with van der Waals surface area (Å²) in [5.41, 5.74) is 5.48. The first-order chi connectivity index (χ1) is 19.1. The molecule has 1 unspecified atom stereocenters. The molecular formula is C28H35Cl3N4O5. The minimum atomic E-state index is -1.03. The number of nitrogens with two attached hydrogens (primary N) is 1. The molecule has 0 spiro atoms. The van der Waals surface area contributed by atoms with Gasteiger partial charge in [0, 0.05) is 38.8 Å². The molecule has 2 saturated heterocycles. The lowest BCUT2D eigenvalue weighted by molar-refractivity contribution is -0.138. The van der Waals surface area contributed by atoms with Crippen LogP contribution in [0.15, 0.2) is 30.3 Å². The fraction of sp³-hybridized carbons (Fsp3) is 0.500. The number of hydrogen-bond acceptors (Lipinski definition) is 7. The summed E-state index contributed by atoms with van der Waals surface area (Å²) >= 11 is 18.6. The van der Waals surface area contributed by atoms with Crippen molar-refractivity contribution >= 4 is 52.5 Å². The summed E-state index contributed by atoms with van der Waals surface area (Å²) in [6, 6.07) is 8.23. The monoisotopic (exact) mass is 612 g/mol. The van der Waals surface area contributed by atoms with Crippen molar-refractivity contribution in [1.82, 2.24) is 15.1 Å². The van der Waals surface area contributed by atoms with Crippen LogP contribution in [-0.2, 0) is 4.74 Å². The van der Waals surface area contributed by atoms with Crippen LogP contribution in [0.3, 0.4) is 0 Å². The molecule has 1 atom stereocenters. The van der Waals surface area contributed by atoms with Gasteiger partial charge in [0.1, 0.15) is 23.1 Å². The molecule has 2 fully saturated rings. The van der Waals surface area contributed by atoms with E-state index in [1.807, 2.05) is 6.92 Å². The standard InChI is InChI=1S/C28H35Cl3N4O5/c1-28(40-27(37)34-10-3-4-11-34,17-39-23-7-5-6-20(29)25(23)31)35-12-8-18(9-13-35)16-33-26(36)19-14-21(30)22(32)15-24(19)38-2/h5-7,14-15,18H,3-4,8-13,16-17,32H2,1-2H3,(H,33,36). The number of carbonyl (C=O) groups excluding carboxylic acids is 2. The van der Waals surface area contributed by atoms with Crippen LogP contribution in [0.2, 0.25) is 15.1 Å². The minimum Gasteiger partial charge on any atom is -0.496 e. The fourth-order valence-corrected chi connectivity index (χ4v) is 5.51. The van der Waals surface area contributed by atoms with Crippen molar-refractivity contribution in [3.8, 4) is 11.5 Å². The van der Waals surface area contributed by atoms with Crippen molar-refractivity contribution in [2.45, 2.75) is 38.3 Å². The maximum atomic E-state index is 13.0. The van der Waals surface area contributed by atoms with Gasteiger partial charge in [-0.25, -0.2) is 4.79 Å².